The predicted molar refractivity (Wildman–Crippen MR) is 97.4 cm³/mol. The molecule has 0 atom stereocenters. The summed E-state index contributed by atoms with van der Waals surface area (Å²) in [5, 5.41) is 2.79. The molecule has 0 aliphatic rings. The summed E-state index contributed by atoms with van der Waals surface area (Å²) in [7, 11) is -3.37. The number of nitrogens with zero attached hydrogens (tertiary/aromatic N) is 2. The third-order valence-electron chi connectivity index (χ3n) is 3.87. The molecule has 7 heteroatoms. The smallest absolute Gasteiger partial charge is 0.224 e. The third-order valence-corrected chi connectivity index (χ3v) is 5.12. The average molecular weight is 361 g/mol. The summed E-state index contributed by atoms with van der Waals surface area (Å²) in [6.07, 6.45) is 4.71. The van der Waals surface area contributed by atoms with Gasteiger partial charge in [-0.25, -0.2) is 8.42 Å². The molecule has 0 radical (unpaired) electrons. The number of nitrogens with one attached hydrogen (secondary N) is 1. The van der Waals surface area contributed by atoms with Gasteiger partial charge >= 0.3 is 0 Å². The Morgan fingerprint density at radius 2 is 1.84 bits per heavy atom. The zero-order valence-electron chi connectivity index (χ0n) is 14.5. The second-order valence-corrected chi connectivity index (χ2v) is 7.89. The molecule has 0 bridgehead atoms. The molecule has 6 nitrogen and oxygen atoms in total. The minimum absolute atomic E-state index is 0.119. The van der Waals surface area contributed by atoms with Crippen LogP contribution in [0.25, 0.3) is 0 Å². The van der Waals surface area contributed by atoms with Crippen molar-refractivity contribution in [1.82, 2.24) is 14.6 Å². The first-order valence-corrected chi connectivity index (χ1v) is 9.86. The van der Waals surface area contributed by atoms with Gasteiger partial charge in [-0.3, -0.25) is 9.78 Å². The van der Waals surface area contributed by atoms with Gasteiger partial charge in [-0.05, 0) is 35.7 Å². The van der Waals surface area contributed by atoms with Crippen LogP contribution in [-0.4, -0.2) is 43.0 Å². The Labute approximate surface area is 148 Å². The lowest BCUT2D eigenvalue weighted by atomic mass is 10.1. The van der Waals surface area contributed by atoms with Crippen molar-refractivity contribution in [3.05, 3.63) is 65.5 Å². The van der Waals surface area contributed by atoms with Crippen LogP contribution in [0.5, 0.6) is 0 Å². The molecule has 0 saturated heterocycles. The molecule has 25 heavy (non-hydrogen) atoms. The van der Waals surface area contributed by atoms with Gasteiger partial charge in [0.2, 0.25) is 15.9 Å². The van der Waals surface area contributed by atoms with Crippen LogP contribution in [0, 0.1) is 6.92 Å². The van der Waals surface area contributed by atoms with E-state index in [9.17, 15) is 13.2 Å². The highest BCUT2D eigenvalue weighted by molar-refractivity contribution is 7.88. The number of aryl methyl sites for hydroxylation is 1. The summed E-state index contributed by atoms with van der Waals surface area (Å²) < 4.78 is 25.2. The SMILES string of the molecule is Cc1ccccc1CC(=O)NCCN(Cc1ccncc1)S(C)(=O)=O. The highest BCUT2D eigenvalue weighted by atomic mass is 32.2. The molecule has 1 heterocycles. The Bertz CT molecular complexity index is 807. The summed E-state index contributed by atoms with van der Waals surface area (Å²) in [4.78, 5) is 16.0. The predicted octanol–water partition coefficient (Wildman–Crippen LogP) is 1.51. The number of benzene rings is 1. The van der Waals surface area contributed by atoms with Crippen molar-refractivity contribution in [2.75, 3.05) is 19.3 Å². The van der Waals surface area contributed by atoms with Crippen molar-refractivity contribution in [1.29, 1.82) is 0 Å². The maximum absolute atomic E-state index is 12.1. The summed E-state index contributed by atoms with van der Waals surface area (Å²) in [6, 6.07) is 11.3. The number of rotatable bonds is 8. The molecule has 0 unspecified atom stereocenters. The number of pyridine rings is 1. The number of hydrogen-bond acceptors (Lipinski definition) is 4. The third kappa shape index (κ3) is 6.28. The lowest BCUT2D eigenvalue weighted by Crippen LogP contribution is -2.38. The van der Waals surface area contributed by atoms with Crippen LogP contribution in [-0.2, 0) is 27.8 Å². The van der Waals surface area contributed by atoms with Gasteiger partial charge in [-0.2, -0.15) is 4.31 Å². The maximum atomic E-state index is 12.1. The van der Waals surface area contributed by atoms with Gasteiger partial charge in [0.25, 0.3) is 0 Å². The van der Waals surface area contributed by atoms with Crippen molar-refractivity contribution in [3.63, 3.8) is 0 Å². The molecule has 0 aliphatic heterocycles. The number of amides is 1. The summed E-state index contributed by atoms with van der Waals surface area (Å²) in [5.41, 5.74) is 2.89. The fourth-order valence-corrected chi connectivity index (χ4v) is 3.22. The topological polar surface area (TPSA) is 79.4 Å². The minimum Gasteiger partial charge on any atom is -0.354 e. The van der Waals surface area contributed by atoms with Crippen molar-refractivity contribution in [2.45, 2.75) is 19.9 Å². The lowest BCUT2D eigenvalue weighted by molar-refractivity contribution is -0.120. The highest BCUT2D eigenvalue weighted by Crippen LogP contribution is 2.08. The van der Waals surface area contributed by atoms with E-state index >= 15 is 0 Å². The van der Waals surface area contributed by atoms with Crippen LogP contribution in [0.4, 0.5) is 0 Å². The fourth-order valence-electron chi connectivity index (χ4n) is 2.42. The molecule has 1 N–H and O–H groups in total. The monoisotopic (exact) mass is 361 g/mol. The molecule has 0 aliphatic carbocycles. The zero-order chi connectivity index (χ0) is 18.3. The second-order valence-electron chi connectivity index (χ2n) is 5.91. The number of aromatic nitrogens is 1. The first kappa shape index (κ1) is 19.1. The van der Waals surface area contributed by atoms with E-state index in [4.69, 9.17) is 0 Å². The Hall–Kier alpha value is -2.25. The zero-order valence-corrected chi connectivity index (χ0v) is 15.3. The van der Waals surface area contributed by atoms with E-state index in [-0.39, 0.29) is 32.0 Å². The van der Waals surface area contributed by atoms with Crippen LogP contribution in [0.15, 0.2) is 48.8 Å². The fraction of sp³-hybridized carbons (Fsp3) is 0.333. The summed E-state index contributed by atoms with van der Waals surface area (Å²) >= 11 is 0. The van der Waals surface area contributed by atoms with Gasteiger partial charge in [0, 0.05) is 32.0 Å². The summed E-state index contributed by atoms with van der Waals surface area (Å²) in [5.74, 6) is -0.119. The average Bonchev–Trinajstić information content (AvgIpc) is 2.56. The second kappa shape index (κ2) is 8.73. The Balaban J connectivity index is 1.88. The Kier molecular flexibility index (Phi) is 6.66. The van der Waals surface area contributed by atoms with Crippen molar-refractivity contribution in [3.8, 4) is 0 Å². The minimum atomic E-state index is -3.37. The van der Waals surface area contributed by atoms with E-state index in [1.165, 1.54) is 10.6 Å². The molecule has 134 valence electrons. The molecule has 0 saturated carbocycles. The van der Waals surface area contributed by atoms with E-state index in [2.05, 4.69) is 10.3 Å². The first-order chi connectivity index (χ1) is 11.9. The van der Waals surface area contributed by atoms with E-state index in [1.54, 1.807) is 24.5 Å². The van der Waals surface area contributed by atoms with Gasteiger partial charge < -0.3 is 5.32 Å². The van der Waals surface area contributed by atoms with E-state index in [0.29, 0.717) is 0 Å². The molecule has 2 aromatic rings. The first-order valence-electron chi connectivity index (χ1n) is 8.01. The largest absolute Gasteiger partial charge is 0.354 e. The molecular weight excluding hydrogens is 338 g/mol. The molecule has 1 aromatic heterocycles. The molecule has 0 fully saturated rings. The van der Waals surface area contributed by atoms with Crippen molar-refractivity contribution in [2.24, 2.45) is 0 Å². The number of hydrogen-bond donors (Lipinski definition) is 1. The van der Waals surface area contributed by atoms with Crippen LogP contribution >= 0.6 is 0 Å². The van der Waals surface area contributed by atoms with Crippen molar-refractivity contribution < 1.29 is 13.2 Å². The Morgan fingerprint density at radius 1 is 1.16 bits per heavy atom. The highest BCUT2D eigenvalue weighted by Gasteiger charge is 2.17. The molecule has 2 rings (SSSR count). The van der Waals surface area contributed by atoms with E-state index < -0.39 is 10.0 Å². The molecule has 0 spiro atoms. The number of carbonyl (C=O) groups is 1. The van der Waals surface area contributed by atoms with Crippen LogP contribution < -0.4 is 5.32 Å². The van der Waals surface area contributed by atoms with Crippen LogP contribution in [0.2, 0.25) is 0 Å². The molecule has 1 aromatic carbocycles. The molecular formula is C18H23N3O3S. The maximum Gasteiger partial charge on any atom is 0.224 e. The lowest BCUT2D eigenvalue weighted by Gasteiger charge is -2.20. The van der Waals surface area contributed by atoms with E-state index in [1.807, 2.05) is 31.2 Å². The van der Waals surface area contributed by atoms with Crippen LogP contribution in [0.3, 0.4) is 0 Å². The van der Waals surface area contributed by atoms with Gasteiger partial charge in [0.1, 0.15) is 0 Å². The van der Waals surface area contributed by atoms with Gasteiger partial charge in [0.15, 0.2) is 0 Å². The quantitative estimate of drug-likeness (QED) is 0.773. The van der Waals surface area contributed by atoms with Crippen molar-refractivity contribution >= 4 is 15.9 Å². The van der Waals surface area contributed by atoms with Crippen LogP contribution in [0.1, 0.15) is 16.7 Å². The van der Waals surface area contributed by atoms with Gasteiger partial charge in [-0.1, -0.05) is 24.3 Å². The number of sulfonamides is 1. The standard InChI is InChI=1S/C18H23N3O3S/c1-15-5-3-4-6-17(15)13-18(22)20-11-12-21(25(2,23)24)14-16-7-9-19-10-8-16/h3-10H,11-14H2,1-2H3,(H,20,22). The normalized spacial score (nSPS) is 11.5. The van der Waals surface area contributed by atoms with Gasteiger partial charge in [0.05, 0.1) is 12.7 Å². The molecule has 1 amide bonds. The Morgan fingerprint density at radius 3 is 2.48 bits per heavy atom. The number of carbonyl (C=O) groups excluding carboxylic acids is 1. The summed E-state index contributed by atoms with van der Waals surface area (Å²) in [6.45, 7) is 2.71. The van der Waals surface area contributed by atoms with E-state index in [0.717, 1.165) is 16.7 Å². The van der Waals surface area contributed by atoms with Gasteiger partial charge in [-0.15, -0.1) is 0 Å².